The van der Waals surface area contributed by atoms with Crippen molar-refractivity contribution in [3.63, 3.8) is 0 Å². The maximum absolute atomic E-state index is 11.4. The summed E-state index contributed by atoms with van der Waals surface area (Å²) in [6.45, 7) is 6.12. The summed E-state index contributed by atoms with van der Waals surface area (Å²) in [5.74, 6) is 1.51. The van der Waals surface area contributed by atoms with Crippen LogP contribution in [-0.2, 0) is 13.0 Å². The Morgan fingerprint density at radius 3 is 2.69 bits per heavy atom. The Labute approximate surface area is 227 Å². The topological polar surface area (TPSA) is 146 Å². The van der Waals surface area contributed by atoms with E-state index in [4.69, 9.17) is 14.1 Å². The Morgan fingerprint density at radius 2 is 1.97 bits per heavy atom. The van der Waals surface area contributed by atoms with Crippen LogP contribution in [0.5, 0.6) is 5.75 Å². The predicted molar refractivity (Wildman–Crippen MR) is 149 cm³/mol. The number of ether oxygens (including phenoxy) is 1. The Morgan fingerprint density at radius 1 is 1.15 bits per heavy atom. The van der Waals surface area contributed by atoms with E-state index in [-0.39, 0.29) is 13.0 Å². The van der Waals surface area contributed by atoms with Gasteiger partial charge in [0.05, 0.1) is 24.6 Å². The average molecular weight is 534 g/mol. The normalized spacial score (nSPS) is 20.9. The van der Waals surface area contributed by atoms with Crippen molar-refractivity contribution in [1.82, 2.24) is 15.0 Å². The number of aryl methyl sites for hydroxylation is 3. The van der Waals surface area contributed by atoms with Gasteiger partial charge in [0.2, 0.25) is 5.95 Å². The zero-order chi connectivity index (χ0) is 27.7. The van der Waals surface area contributed by atoms with Crippen molar-refractivity contribution in [2.75, 3.05) is 24.4 Å². The van der Waals surface area contributed by atoms with Crippen LogP contribution in [0.25, 0.3) is 22.3 Å². The van der Waals surface area contributed by atoms with Crippen molar-refractivity contribution in [3.8, 4) is 17.1 Å². The monoisotopic (exact) mass is 533 g/mol. The first-order chi connectivity index (χ1) is 18.7. The molecule has 3 heterocycles. The Bertz CT molecular complexity index is 1490. The lowest BCUT2D eigenvalue weighted by molar-refractivity contribution is -0.0545. The molecular weight excluding hydrogens is 498 g/mol. The molecule has 3 atom stereocenters. The molecule has 4 aromatic rings. The summed E-state index contributed by atoms with van der Waals surface area (Å²) in [5.41, 5.74) is 3.17. The molecule has 1 aromatic carbocycles. The predicted octanol–water partition coefficient (Wildman–Crippen LogP) is 3.95. The summed E-state index contributed by atoms with van der Waals surface area (Å²) in [4.78, 5) is 13.8. The van der Waals surface area contributed by atoms with Crippen LogP contribution in [-0.4, -0.2) is 55.8 Å². The molecule has 1 aliphatic carbocycles. The maximum Gasteiger partial charge on any atom is 0.225 e. The number of aromatic nitrogens is 3. The minimum Gasteiger partial charge on any atom is -0.497 e. The quantitative estimate of drug-likeness (QED) is 0.200. The minimum absolute atomic E-state index is 0.218. The molecule has 0 amide bonds. The molecule has 1 saturated carbocycles. The molecule has 5 N–H and O–H groups in total. The van der Waals surface area contributed by atoms with E-state index < -0.39 is 17.7 Å². The van der Waals surface area contributed by atoms with E-state index in [0.717, 1.165) is 34.4 Å². The maximum atomic E-state index is 11.4. The molecular formula is C29H35N5O5. The van der Waals surface area contributed by atoms with Crippen molar-refractivity contribution >= 4 is 22.7 Å². The molecule has 0 bridgehead atoms. The molecule has 1 fully saturated rings. The van der Waals surface area contributed by atoms with Crippen molar-refractivity contribution in [2.24, 2.45) is 5.92 Å². The number of pyridine rings is 1. The van der Waals surface area contributed by atoms with Crippen LogP contribution in [0.4, 0.5) is 11.8 Å². The van der Waals surface area contributed by atoms with Crippen LogP contribution >= 0.6 is 0 Å². The first-order valence-electron chi connectivity index (χ1n) is 13.2. The molecule has 10 nitrogen and oxygen atoms in total. The molecule has 1 aliphatic rings. The molecule has 0 aliphatic heterocycles. The third-order valence-corrected chi connectivity index (χ3v) is 7.36. The number of furan rings is 1. The van der Waals surface area contributed by atoms with Gasteiger partial charge in [-0.2, -0.15) is 4.98 Å². The number of nitrogens with one attached hydrogen (secondary N) is 2. The van der Waals surface area contributed by atoms with Crippen LogP contribution in [0.2, 0.25) is 0 Å². The van der Waals surface area contributed by atoms with E-state index >= 15 is 0 Å². The fourth-order valence-electron chi connectivity index (χ4n) is 5.20. The lowest BCUT2D eigenvalue weighted by Gasteiger charge is -2.31. The van der Waals surface area contributed by atoms with E-state index in [9.17, 15) is 15.3 Å². The van der Waals surface area contributed by atoms with E-state index in [1.165, 1.54) is 0 Å². The molecule has 3 aromatic heterocycles. The van der Waals surface area contributed by atoms with Crippen LogP contribution in [0.3, 0.4) is 0 Å². The highest BCUT2D eigenvalue weighted by Crippen LogP contribution is 2.40. The number of benzene rings is 1. The lowest BCUT2D eigenvalue weighted by Crippen LogP contribution is -2.48. The number of nitrogens with zero attached hydrogens (tertiary/aromatic N) is 3. The van der Waals surface area contributed by atoms with Crippen LogP contribution in [0.1, 0.15) is 42.3 Å². The first-order valence-corrected chi connectivity index (χ1v) is 13.2. The van der Waals surface area contributed by atoms with Gasteiger partial charge >= 0.3 is 0 Å². The van der Waals surface area contributed by atoms with Gasteiger partial charge in [0.25, 0.3) is 0 Å². The van der Waals surface area contributed by atoms with Gasteiger partial charge in [-0.05, 0) is 68.5 Å². The third kappa shape index (κ3) is 5.40. The smallest absolute Gasteiger partial charge is 0.225 e. The second-order valence-electron chi connectivity index (χ2n) is 10.2. The lowest BCUT2D eigenvalue weighted by atomic mass is 10.0. The largest absolute Gasteiger partial charge is 0.497 e. The number of fused-ring (bicyclic) bond motifs is 1. The summed E-state index contributed by atoms with van der Waals surface area (Å²) in [6.07, 6.45) is 2.05. The molecule has 0 spiro atoms. The second kappa shape index (κ2) is 10.8. The van der Waals surface area contributed by atoms with Gasteiger partial charge in [-0.1, -0.05) is 13.0 Å². The number of aliphatic hydroxyl groups is 3. The Kier molecular flexibility index (Phi) is 7.44. The third-order valence-electron chi connectivity index (χ3n) is 7.36. The molecule has 10 heteroatoms. The van der Waals surface area contributed by atoms with Gasteiger partial charge in [0.15, 0.2) is 11.3 Å². The number of hydrogen-bond donors (Lipinski definition) is 5. The van der Waals surface area contributed by atoms with Gasteiger partial charge < -0.3 is 35.1 Å². The highest BCUT2D eigenvalue weighted by atomic mass is 16.5. The summed E-state index contributed by atoms with van der Waals surface area (Å²) >= 11 is 0. The highest BCUT2D eigenvalue weighted by molar-refractivity contribution is 5.86. The number of aliphatic hydroxyl groups excluding tert-OH is 2. The average Bonchev–Trinajstić information content (AvgIpc) is 3.46. The van der Waals surface area contributed by atoms with E-state index in [2.05, 4.69) is 26.7 Å². The molecule has 3 unspecified atom stereocenters. The summed E-state index contributed by atoms with van der Waals surface area (Å²) in [6, 6.07) is 9.85. The van der Waals surface area contributed by atoms with Crippen molar-refractivity contribution in [1.29, 1.82) is 0 Å². The number of methoxy groups -OCH3 is 1. The summed E-state index contributed by atoms with van der Waals surface area (Å²) < 4.78 is 11.5. The van der Waals surface area contributed by atoms with E-state index in [1.54, 1.807) is 13.3 Å². The van der Waals surface area contributed by atoms with Gasteiger partial charge in [0.1, 0.15) is 23.4 Å². The van der Waals surface area contributed by atoms with Crippen molar-refractivity contribution in [3.05, 3.63) is 59.0 Å². The highest BCUT2D eigenvalue weighted by Gasteiger charge is 2.47. The van der Waals surface area contributed by atoms with Gasteiger partial charge in [-0.25, -0.2) is 4.98 Å². The summed E-state index contributed by atoms with van der Waals surface area (Å²) in [5, 5.41) is 39.1. The second-order valence-corrected chi connectivity index (χ2v) is 10.2. The zero-order valence-electron chi connectivity index (χ0n) is 22.7. The van der Waals surface area contributed by atoms with Gasteiger partial charge in [-0.3, -0.25) is 4.98 Å². The molecule has 206 valence electrons. The molecule has 39 heavy (non-hydrogen) atoms. The van der Waals surface area contributed by atoms with E-state index in [0.29, 0.717) is 47.3 Å². The Hall–Kier alpha value is -3.73. The molecule has 5 rings (SSSR count). The van der Waals surface area contributed by atoms with Crippen LogP contribution in [0, 0.1) is 19.8 Å². The zero-order valence-corrected chi connectivity index (χ0v) is 22.7. The van der Waals surface area contributed by atoms with E-state index in [1.807, 2.05) is 45.0 Å². The fourth-order valence-corrected chi connectivity index (χ4v) is 5.20. The van der Waals surface area contributed by atoms with Crippen molar-refractivity contribution in [2.45, 2.75) is 58.4 Å². The minimum atomic E-state index is -1.67. The van der Waals surface area contributed by atoms with Gasteiger partial charge in [0, 0.05) is 30.1 Å². The summed E-state index contributed by atoms with van der Waals surface area (Å²) in [7, 11) is 1.63. The molecule has 0 saturated heterocycles. The Balaban J connectivity index is 1.53. The van der Waals surface area contributed by atoms with Crippen molar-refractivity contribution < 1.29 is 24.5 Å². The molecule has 0 radical (unpaired) electrons. The van der Waals surface area contributed by atoms with Crippen LogP contribution < -0.4 is 15.4 Å². The standard InChI is InChI=1S/C29H35N5O5/c1-5-21-11-20-12-23(39-24(20)14-30-21)25-17(3)32-28(31-13-18-8-16(2)9-22(10-18)38-4)33-27(25)34-29(37)7-6-19(15-35)26(29)36/h8-12,14,19,26,35-37H,5-7,13,15H2,1-4H3,(H2,31,32,33,34). The number of anilines is 2. The van der Waals surface area contributed by atoms with Gasteiger partial charge in [-0.15, -0.1) is 0 Å². The fraction of sp³-hybridized carbons (Fsp3) is 0.414. The SMILES string of the molecule is CCc1cc2cc(-c3c(C)nc(NCc4cc(C)cc(OC)c4)nc3NC3(O)CCC(CO)C3O)oc2cn1. The van der Waals surface area contributed by atoms with Crippen LogP contribution in [0.15, 0.2) is 40.9 Å². The number of rotatable bonds is 9. The first kappa shape index (κ1) is 26.9. The number of hydrogen-bond acceptors (Lipinski definition) is 10.